The third kappa shape index (κ3) is 12.8. The van der Waals surface area contributed by atoms with Crippen molar-refractivity contribution in [2.24, 2.45) is 0 Å². The standard InChI is InChI=1S/C32H12BF24.C29H20NO/c34-25(35,36)13-1-14(26(37,38)39)6-21(5-13)33(22-7-15(27(40,41)42)2-16(8-22)28(43,44)45,23-9-17(29(46,47)48)3-18(10-23)30(49,50)51)24-11-19(31(52,53)54)4-20(12-24)32(55,56)57;31-27(20-7-2-1-3-8-20)19-30-18-5-4-11-26(30)24-16-14-23-13-12-21-9-6-10-22-15-17-25(24)29(23)28(21)22/h1-12H;1-18H,19H2/q-1;+1. The number of hydrogen-bond donors (Lipinski definition) is 0. The van der Waals surface area contributed by atoms with Gasteiger partial charge < -0.3 is 0 Å². The van der Waals surface area contributed by atoms with Crippen molar-refractivity contribution in [1.82, 2.24) is 0 Å². The van der Waals surface area contributed by atoms with Crippen LogP contribution in [0.4, 0.5) is 105 Å². The van der Waals surface area contributed by atoms with Crippen molar-refractivity contribution >= 4 is 66.1 Å². The smallest absolute Gasteiger partial charge is 0.287 e. The maximum absolute atomic E-state index is 14.2. The Kier molecular flexibility index (Phi) is 16.0. The van der Waals surface area contributed by atoms with Gasteiger partial charge in [-0.2, -0.15) is 132 Å². The molecule has 27 heteroatoms. The number of benzene rings is 9. The Hall–Kier alpha value is -8.78. The fourth-order valence-corrected chi connectivity index (χ4v) is 10.8. The van der Waals surface area contributed by atoms with Crippen LogP contribution in [0.25, 0.3) is 43.6 Å². The number of hydrogen-bond acceptors (Lipinski definition) is 1. The summed E-state index contributed by atoms with van der Waals surface area (Å²) in [6.45, 7) is 0.308. The van der Waals surface area contributed by atoms with Crippen LogP contribution in [0.3, 0.4) is 0 Å². The summed E-state index contributed by atoms with van der Waals surface area (Å²) < 4.78 is 343. The fourth-order valence-electron chi connectivity index (χ4n) is 10.8. The number of rotatable bonds is 8. The number of alkyl halides is 24. The van der Waals surface area contributed by atoms with Gasteiger partial charge in [0.15, 0.2) is 6.20 Å². The lowest BCUT2D eigenvalue weighted by atomic mass is 9.12. The molecule has 0 atom stereocenters. The SMILES string of the molecule is FC(F)(F)c1cc([B-](c2cc(C(F)(F)F)cc(C(F)(F)F)c2)(c2cc(C(F)(F)F)cc(C(F)(F)F)c2)c2cc(C(F)(F)F)cc(C(F)(F)F)c2)cc(C(F)(F)F)c1.O=C(C[n+]1ccccc1-c1ccc2ccc3cccc4ccc1c2c34)c1ccccc1. The highest BCUT2D eigenvalue weighted by Crippen LogP contribution is 2.43. The number of ketones is 1. The van der Waals surface area contributed by atoms with Gasteiger partial charge in [-0.05, 0) is 68.7 Å². The van der Waals surface area contributed by atoms with Crippen molar-refractivity contribution in [2.75, 3.05) is 0 Å². The number of Topliss-reactive ketones (excluding diaryl/α,β-unsaturated/α-hetero) is 1. The largest absolute Gasteiger partial charge is 0.416 e. The predicted octanol–water partition coefficient (Wildman–Crippen LogP) is 17.6. The average molecular weight is 1260 g/mol. The minimum atomic E-state index is -6.13. The van der Waals surface area contributed by atoms with Crippen LogP contribution in [-0.2, 0) is 56.0 Å². The molecule has 1 heterocycles. The van der Waals surface area contributed by atoms with Crippen LogP contribution in [0.1, 0.15) is 54.9 Å². The van der Waals surface area contributed by atoms with E-state index in [0.29, 0.717) is 6.54 Å². The first-order valence-corrected chi connectivity index (χ1v) is 25.1. The monoisotopic (exact) mass is 1260 g/mol. The second-order valence-electron chi connectivity index (χ2n) is 20.2. The lowest BCUT2D eigenvalue weighted by Crippen LogP contribution is -2.75. The molecular formula is C61H32BF24NO. The molecule has 0 unspecified atom stereocenters. The Bertz CT molecular complexity index is 3810. The highest BCUT2D eigenvalue weighted by Gasteiger charge is 2.47. The van der Waals surface area contributed by atoms with Crippen LogP contribution in [0.2, 0.25) is 0 Å². The zero-order valence-corrected chi connectivity index (χ0v) is 43.5. The molecule has 88 heavy (non-hydrogen) atoms. The Balaban J connectivity index is 0.000000246. The molecule has 0 fully saturated rings. The molecule has 0 amide bonds. The van der Waals surface area contributed by atoms with E-state index in [9.17, 15) is 110 Å². The fraction of sp³-hybridized carbons (Fsp3) is 0.148. The molecule has 0 saturated heterocycles. The second kappa shape index (κ2) is 22.1. The minimum absolute atomic E-state index is 0.107. The first kappa shape index (κ1) is 63.7. The topological polar surface area (TPSA) is 20.9 Å². The van der Waals surface area contributed by atoms with Gasteiger partial charge in [-0.15, -0.1) is 0 Å². The average Bonchev–Trinajstić information content (AvgIpc) is 0.726. The maximum atomic E-state index is 14.2. The highest BCUT2D eigenvalue weighted by molar-refractivity contribution is 7.20. The van der Waals surface area contributed by atoms with Crippen molar-refractivity contribution in [1.29, 1.82) is 0 Å². The van der Waals surface area contributed by atoms with Gasteiger partial charge in [0.2, 0.25) is 18.0 Å². The lowest BCUT2D eigenvalue weighted by molar-refractivity contribution is -0.672. The molecule has 10 aromatic rings. The molecule has 1 aromatic heterocycles. The zero-order valence-electron chi connectivity index (χ0n) is 43.5. The second-order valence-corrected chi connectivity index (χ2v) is 20.2. The molecule has 0 aliphatic carbocycles. The molecule has 0 radical (unpaired) electrons. The summed E-state index contributed by atoms with van der Waals surface area (Å²) >= 11 is 0. The molecule has 0 saturated carbocycles. The van der Waals surface area contributed by atoms with Crippen LogP contribution in [0.15, 0.2) is 182 Å². The number of carbonyl (C=O) groups is 1. The number of carbonyl (C=O) groups excluding carboxylic acids is 1. The third-order valence-electron chi connectivity index (χ3n) is 14.6. The van der Waals surface area contributed by atoms with E-state index in [-0.39, 0.29) is 5.78 Å². The maximum Gasteiger partial charge on any atom is 0.416 e. The summed E-state index contributed by atoms with van der Waals surface area (Å²) in [5, 5.41) is 7.57. The minimum Gasteiger partial charge on any atom is -0.287 e. The number of halogens is 24. The molecule has 0 N–H and O–H groups in total. The van der Waals surface area contributed by atoms with Gasteiger partial charge in [0.25, 0.3) is 0 Å². The van der Waals surface area contributed by atoms with E-state index < -0.39 is 195 Å². The van der Waals surface area contributed by atoms with Gasteiger partial charge in [0.1, 0.15) is 6.15 Å². The van der Waals surface area contributed by atoms with Gasteiger partial charge in [0, 0.05) is 17.7 Å². The van der Waals surface area contributed by atoms with Gasteiger partial charge >= 0.3 is 49.4 Å². The van der Waals surface area contributed by atoms with Crippen molar-refractivity contribution < 1.29 is 115 Å². The van der Waals surface area contributed by atoms with E-state index in [2.05, 4.69) is 65.2 Å². The third-order valence-corrected chi connectivity index (χ3v) is 14.6. The van der Waals surface area contributed by atoms with Gasteiger partial charge in [-0.3, -0.25) is 4.79 Å². The Morgan fingerprint density at radius 3 is 0.966 bits per heavy atom. The molecular weight excluding hydrogens is 1230 g/mol. The lowest BCUT2D eigenvalue weighted by Gasteiger charge is -2.46. The van der Waals surface area contributed by atoms with Gasteiger partial charge in [-0.25, -0.2) is 0 Å². The quantitative estimate of drug-likeness (QED) is 0.0488. The van der Waals surface area contributed by atoms with E-state index in [1.54, 1.807) is 0 Å². The van der Waals surface area contributed by atoms with Gasteiger partial charge in [-0.1, -0.05) is 127 Å². The van der Waals surface area contributed by atoms with Crippen LogP contribution in [0.5, 0.6) is 0 Å². The van der Waals surface area contributed by atoms with Crippen LogP contribution in [0, 0.1) is 0 Å². The predicted molar refractivity (Wildman–Crippen MR) is 277 cm³/mol. The Morgan fingerprint density at radius 1 is 0.318 bits per heavy atom. The molecule has 0 aliphatic rings. The highest BCUT2D eigenvalue weighted by atomic mass is 19.4. The van der Waals surface area contributed by atoms with E-state index >= 15 is 0 Å². The first-order valence-electron chi connectivity index (χ1n) is 25.1. The summed E-state index contributed by atoms with van der Waals surface area (Å²) in [6, 6.07) is 26.5. The van der Waals surface area contributed by atoms with E-state index in [4.69, 9.17) is 0 Å². The first-order chi connectivity index (χ1) is 40.6. The van der Waals surface area contributed by atoms with Crippen molar-refractivity contribution in [3.8, 4) is 11.3 Å². The molecule has 10 rings (SSSR count). The molecule has 0 spiro atoms. The number of pyridine rings is 1. The summed E-state index contributed by atoms with van der Waals surface area (Å²) in [5.74, 6) is 0.107. The van der Waals surface area contributed by atoms with E-state index in [1.165, 1.54) is 32.3 Å². The van der Waals surface area contributed by atoms with Crippen LogP contribution >= 0.6 is 0 Å². The normalized spacial score (nSPS) is 13.3. The summed E-state index contributed by atoms with van der Waals surface area (Å²) in [6.07, 6.45) is -52.8. The summed E-state index contributed by atoms with van der Waals surface area (Å²) in [7, 11) is 0. The summed E-state index contributed by atoms with van der Waals surface area (Å²) in [5.41, 5.74) is -27.3. The van der Waals surface area contributed by atoms with Gasteiger partial charge in [0.05, 0.1) is 50.1 Å². The zero-order chi connectivity index (χ0) is 64.7. The van der Waals surface area contributed by atoms with Crippen LogP contribution < -0.4 is 26.4 Å². The van der Waals surface area contributed by atoms with Crippen LogP contribution in [-0.4, -0.2) is 11.9 Å². The van der Waals surface area contributed by atoms with Crippen molar-refractivity contribution in [3.05, 3.63) is 232 Å². The number of nitrogens with zero attached hydrogens (tertiary/aromatic N) is 1. The molecule has 0 bridgehead atoms. The molecule has 458 valence electrons. The number of aromatic nitrogens is 1. The van der Waals surface area contributed by atoms with E-state index in [1.807, 2.05) is 48.7 Å². The van der Waals surface area contributed by atoms with E-state index in [0.717, 1.165) is 16.8 Å². The molecule has 9 aromatic carbocycles. The molecule has 2 nitrogen and oxygen atoms in total. The Morgan fingerprint density at radius 2 is 0.625 bits per heavy atom. The summed E-state index contributed by atoms with van der Waals surface area (Å²) in [4.78, 5) is 12.9. The molecule has 0 aliphatic heterocycles. The Labute approximate surface area is 479 Å². The van der Waals surface area contributed by atoms with Crippen molar-refractivity contribution in [2.45, 2.75) is 56.0 Å². The van der Waals surface area contributed by atoms with Crippen molar-refractivity contribution in [3.63, 3.8) is 0 Å².